The minimum absolute atomic E-state index is 0.399. The smallest absolute Gasteiger partial charge is 0.0503 e. The SMILES string of the molecule is CC1CCNC2CCCCCC2S1=O. The molecule has 0 amide bonds. The molecule has 1 aliphatic carbocycles. The molecular formula is C11H21NOS. The van der Waals surface area contributed by atoms with Gasteiger partial charge in [-0.05, 0) is 25.8 Å². The minimum Gasteiger partial charge on any atom is -0.313 e. The largest absolute Gasteiger partial charge is 0.313 e. The van der Waals surface area contributed by atoms with E-state index in [-0.39, 0.29) is 0 Å². The normalized spacial score (nSPS) is 44.9. The summed E-state index contributed by atoms with van der Waals surface area (Å²) in [5.41, 5.74) is 0. The molecule has 2 rings (SSSR count). The summed E-state index contributed by atoms with van der Waals surface area (Å²) >= 11 is 0. The first-order valence-electron chi connectivity index (χ1n) is 5.92. The predicted molar refractivity (Wildman–Crippen MR) is 60.9 cm³/mol. The first-order chi connectivity index (χ1) is 6.79. The van der Waals surface area contributed by atoms with Crippen LogP contribution in [0.15, 0.2) is 0 Å². The Kier molecular flexibility index (Phi) is 3.61. The molecule has 4 atom stereocenters. The van der Waals surface area contributed by atoms with Crippen LogP contribution in [0.5, 0.6) is 0 Å². The van der Waals surface area contributed by atoms with Crippen LogP contribution in [0.2, 0.25) is 0 Å². The second kappa shape index (κ2) is 4.75. The maximum Gasteiger partial charge on any atom is 0.0503 e. The summed E-state index contributed by atoms with van der Waals surface area (Å²) in [4.78, 5) is 0. The Labute approximate surface area is 89.3 Å². The third-order valence-electron chi connectivity index (χ3n) is 3.60. The van der Waals surface area contributed by atoms with Crippen LogP contribution in [0.1, 0.15) is 45.4 Å². The lowest BCUT2D eigenvalue weighted by Crippen LogP contribution is -2.40. The molecular weight excluding hydrogens is 194 g/mol. The number of rotatable bonds is 0. The van der Waals surface area contributed by atoms with Gasteiger partial charge in [0.1, 0.15) is 0 Å². The quantitative estimate of drug-likeness (QED) is 0.668. The molecule has 0 aromatic rings. The summed E-state index contributed by atoms with van der Waals surface area (Å²) in [6.07, 6.45) is 7.43. The van der Waals surface area contributed by atoms with Crippen molar-refractivity contribution in [3.05, 3.63) is 0 Å². The summed E-state index contributed by atoms with van der Waals surface area (Å²) < 4.78 is 12.2. The van der Waals surface area contributed by atoms with Crippen LogP contribution in [0.3, 0.4) is 0 Å². The molecule has 1 heterocycles. The fraction of sp³-hybridized carbons (Fsp3) is 1.00. The lowest BCUT2D eigenvalue weighted by Gasteiger charge is -2.23. The van der Waals surface area contributed by atoms with Crippen molar-refractivity contribution in [2.45, 2.75) is 62.0 Å². The van der Waals surface area contributed by atoms with E-state index in [9.17, 15) is 4.21 Å². The van der Waals surface area contributed by atoms with Crippen LogP contribution < -0.4 is 5.32 Å². The van der Waals surface area contributed by atoms with Crippen LogP contribution in [0.4, 0.5) is 0 Å². The zero-order valence-corrected chi connectivity index (χ0v) is 9.81. The molecule has 0 bridgehead atoms. The first kappa shape index (κ1) is 10.6. The predicted octanol–water partition coefficient (Wildman–Crippen LogP) is 1.82. The summed E-state index contributed by atoms with van der Waals surface area (Å²) in [6.45, 7) is 3.21. The molecule has 0 spiro atoms. The zero-order chi connectivity index (χ0) is 9.97. The summed E-state index contributed by atoms with van der Waals surface area (Å²) in [5, 5.41) is 4.43. The summed E-state index contributed by atoms with van der Waals surface area (Å²) in [7, 11) is -0.592. The number of hydrogen-bond acceptors (Lipinski definition) is 2. The van der Waals surface area contributed by atoms with Crippen LogP contribution in [0.25, 0.3) is 0 Å². The van der Waals surface area contributed by atoms with Gasteiger partial charge in [0.25, 0.3) is 0 Å². The van der Waals surface area contributed by atoms with E-state index in [0.29, 0.717) is 16.5 Å². The van der Waals surface area contributed by atoms with E-state index in [4.69, 9.17) is 0 Å². The van der Waals surface area contributed by atoms with Crippen molar-refractivity contribution in [3.63, 3.8) is 0 Å². The molecule has 14 heavy (non-hydrogen) atoms. The highest BCUT2D eigenvalue weighted by molar-refractivity contribution is 7.86. The average molecular weight is 215 g/mol. The number of fused-ring (bicyclic) bond motifs is 1. The van der Waals surface area contributed by atoms with E-state index >= 15 is 0 Å². The standard InChI is InChI=1S/C11H21NOS/c1-9-7-8-12-10-5-3-2-4-6-11(10)14(9)13/h9-12H,2-8H2,1H3. The van der Waals surface area contributed by atoms with E-state index in [1.54, 1.807) is 0 Å². The van der Waals surface area contributed by atoms with Crippen LogP contribution in [-0.2, 0) is 10.8 Å². The lowest BCUT2D eigenvalue weighted by molar-refractivity contribution is 0.473. The highest BCUT2D eigenvalue weighted by atomic mass is 32.2. The van der Waals surface area contributed by atoms with Crippen molar-refractivity contribution >= 4 is 10.8 Å². The third-order valence-corrected chi connectivity index (χ3v) is 5.79. The van der Waals surface area contributed by atoms with Gasteiger partial charge in [-0.1, -0.05) is 26.2 Å². The van der Waals surface area contributed by atoms with Gasteiger partial charge < -0.3 is 5.32 Å². The van der Waals surface area contributed by atoms with Gasteiger partial charge in [-0.15, -0.1) is 0 Å². The molecule has 0 aromatic carbocycles. The van der Waals surface area contributed by atoms with Crippen LogP contribution >= 0.6 is 0 Å². The molecule has 1 saturated carbocycles. The Bertz CT molecular complexity index is 219. The fourth-order valence-corrected chi connectivity index (χ4v) is 4.57. The molecule has 1 N–H and O–H groups in total. The highest BCUT2D eigenvalue weighted by Crippen LogP contribution is 2.26. The van der Waals surface area contributed by atoms with E-state index in [2.05, 4.69) is 12.2 Å². The van der Waals surface area contributed by atoms with Gasteiger partial charge in [0.05, 0.1) is 5.25 Å². The van der Waals surface area contributed by atoms with E-state index in [1.807, 2.05) is 0 Å². The monoisotopic (exact) mass is 215 g/mol. The minimum atomic E-state index is -0.592. The van der Waals surface area contributed by atoms with Gasteiger partial charge in [-0.2, -0.15) is 0 Å². The second-order valence-corrected chi connectivity index (χ2v) is 6.73. The maximum absolute atomic E-state index is 12.2. The topological polar surface area (TPSA) is 29.1 Å². The molecule has 1 aliphatic heterocycles. The van der Waals surface area contributed by atoms with Gasteiger partial charge >= 0.3 is 0 Å². The Balaban J connectivity index is 2.11. The summed E-state index contributed by atoms with van der Waals surface area (Å²) in [6, 6.07) is 0.545. The maximum atomic E-state index is 12.2. The van der Waals surface area contributed by atoms with Crippen LogP contribution in [-0.4, -0.2) is 27.3 Å². The number of nitrogens with one attached hydrogen (secondary N) is 1. The fourth-order valence-electron chi connectivity index (χ4n) is 2.67. The van der Waals surface area contributed by atoms with E-state index < -0.39 is 10.8 Å². The van der Waals surface area contributed by atoms with Gasteiger partial charge in [0, 0.05) is 22.1 Å². The van der Waals surface area contributed by atoms with Gasteiger partial charge in [-0.3, -0.25) is 4.21 Å². The molecule has 2 nitrogen and oxygen atoms in total. The molecule has 4 unspecified atom stereocenters. The molecule has 0 aromatic heterocycles. The van der Waals surface area contributed by atoms with Crippen molar-refractivity contribution in [2.75, 3.05) is 6.54 Å². The first-order valence-corrected chi connectivity index (χ1v) is 7.19. The van der Waals surface area contributed by atoms with Crippen molar-refractivity contribution in [3.8, 4) is 0 Å². The molecule has 3 heteroatoms. The molecule has 2 aliphatic rings. The Morgan fingerprint density at radius 3 is 2.79 bits per heavy atom. The number of hydrogen-bond donors (Lipinski definition) is 1. The van der Waals surface area contributed by atoms with Crippen molar-refractivity contribution in [1.29, 1.82) is 0 Å². The van der Waals surface area contributed by atoms with E-state index in [0.717, 1.165) is 13.0 Å². The van der Waals surface area contributed by atoms with Crippen molar-refractivity contribution < 1.29 is 4.21 Å². The molecule has 2 fully saturated rings. The summed E-state index contributed by atoms with van der Waals surface area (Å²) in [5.74, 6) is 0. The molecule has 0 radical (unpaired) electrons. The van der Waals surface area contributed by atoms with Crippen molar-refractivity contribution in [1.82, 2.24) is 5.32 Å². The van der Waals surface area contributed by atoms with Crippen LogP contribution in [0, 0.1) is 0 Å². The van der Waals surface area contributed by atoms with Crippen molar-refractivity contribution in [2.24, 2.45) is 0 Å². The van der Waals surface area contributed by atoms with Gasteiger partial charge in [-0.25, -0.2) is 0 Å². The highest BCUT2D eigenvalue weighted by Gasteiger charge is 2.32. The molecule has 1 saturated heterocycles. The van der Waals surface area contributed by atoms with E-state index in [1.165, 1.54) is 32.1 Å². The average Bonchev–Trinajstić information content (AvgIpc) is 2.46. The lowest BCUT2D eigenvalue weighted by atomic mass is 10.1. The zero-order valence-electron chi connectivity index (χ0n) is 9.00. The Hall–Kier alpha value is 0.110. The van der Waals surface area contributed by atoms with Gasteiger partial charge in [0.2, 0.25) is 0 Å². The van der Waals surface area contributed by atoms with Gasteiger partial charge in [0.15, 0.2) is 0 Å². The Morgan fingerprint density at radius 2 is 1.93 bits per heavy atom. The third kappa shape index (κ3) is 2.19. The second-order valence-electron chi connectivity index (χ2n) is 4.66. The Morgan fingerprint density at radius 1 is 1.14 bits per heavy atom. The molecule has 82 valence electrons.